The Bertz CT molecular complexity index is 1090. The molecular weight excluding hydrogens is 396 g/mol. The van der Waals surface area contributed by atoms with Crippen LogP contribution in [0.25, 0.3) is 0 Å². The maximum atomic E-state index is 12.9. The van der Waals surface area contributed by atoms with Crippen LogP contribution in [0.3, 0.4) is 0 Å². The van der Waals surface area contributed by atoms with Gasteiger partial charge in [-0.15, -0.1) is 0 Å². The van der Waals surface area contributed by atoms with Gasteiger partial charge in [0, 0.05) is 24.7 Å². The van der Waals surface area contributed by atoms with E-state index in [0.717, 1.165) is 12.0 Å². The zero-order chi connectivity index (χ0) is 20.9. The fourth-order valence-electron chi connectivity index (χ4n) is 5.16. The highest BCUT2D eigenvalue weighted by atomic mass is 32.2. The molecule has 2 aliphatic heterocycles. The summed E-state index contributed by atoms with van der Waals surface area (Å²) in [5, 5.41) is 3.80. The number of benzene rings is 2. The molecule has 1 fully saturated rings. The number of sulfonamides is 1. The second kappa shape index (κ2) is 7.52. The van der Waals surface area contributed by atoms with E-state index in [1.807, 2.05) is 12.1 Å². The van der Waals surface area contributed by atoms with Gasteiger partial charge in [0.05, 0.1) is 24.2 Å². The molecule has 6 heteroatoms. The van der Waals surface area contributed by atoms with Crippen molar-refractivity contribution < 1.29 is 13.2 Å². The number of anilines is 1. The molecule has 1 saturated heterocycles. The van der Waals surface area contributed by atoms with E-state index in [1.165, 1.54) is 26.7 Å². The van der Waals surface area contributed by atoms with Crippen LogP contribution in [0.4, 0.5) is 5.69 Å². The summed E-state index contributed by atoms with van der Waals surface area (Å²) in [4.78, 5) is 0.359. The molecule has 0 radical (unpaired) electrons. The van der Waals surface area contributed by atoms with Gasteiger partial charge in [-0.2, -0.15) is 4.31 Å². The summed E-state index contributed by atoms with van der Waals surface area (Å²) in [6.07, 6.45) is 5.67. The maximum Gasteiger partial charge on any atom is 0.243 e. The number of ether oxygens (including phenoxy) is 1. The number of nitrogens with one attached hydrogen (secondary N) is 1. The van der Waals surface area contributed by atoms with Crippen molar-refractivity contribution in [2.45, 2.75) is 37.1 Å². The lowest BCUT2D eigenvalue weighted by Gasteiger charge is -2.39. The Morgan fingerprint density at radius 1 is 1.00 bits per heavy atom. The fourth-order valence-corrected chi connectivity index (χ4v) is 6.56. The second-order valence-corrected chi connectivity index (χ2v) is 10.5. The summed E-state index contributed by atoms with van der Waals surface area (Å²) in [6.45, 7) is 6.08. The minimum Gasteiger partial charge on any atom is -0.379 e. The monoisotopic (exact) mass is 424 g/mol. The van der Waals surface area contributed by atoms with E-state index in [9.17, 15) is 8.42 Å². The number of aryl methyl sites for hydroxylation is 2. The molecule has 0 saturated carbocycles. The summed E-state index contributed by atoms with van der Waals surface area (Å²) in [6, 6.07) is 12.0. The predicted molar refractivity (Wildman–Crippen MR) is 118 cm³/mol. The van der Waals surface area contributed by atoms with E-state index in [-0.39, 0.29) is 6.04 Å². The molecule has 1 aliphatic carbocycles. The van der Waals surface area contributed by atoms with Crippen LogP contribution in [0.2, 0.25) is 0 Å². The number of hydrogen-bond acceptors (Lipinski definition) is 4. The average Bonchev–Trinajstić information content (AvgIpc) is 3.26. The molecule has 0 aromatic heterocycles. The third-order valence-electron chi connectivity index (χ3n) is 6.79. The fraction of sp³-hybridized carbons (Fsp3) is 0.417. The highest BCUT2D eigenvalue weighted by molar-refractivity contribution is 7.89. The van der Waals surface area contributed by atoms with E-state index in [2.05, 4.69) is 43.4 Å². The van der Waals surface area contributed by atoms with E-state index >= 15 is 0 Å². The van der Waals surface area contributed by atoms with E-state index < -0.39 is 10.0 Å². The SMILES string of the molecule is Cc1ccc(C)c2c1N[C@@H](c1ccc(S(=O)(=O)N3CCOCC3)cc1)[C@H]1CC=C[C@@H]21. The molecule has 1 N–H and O–H groups in total. The van der Waals surface area contributed by atoms with Crippen molar-refractivity contribution in [1.82, 2.24) is 4.31 Å². The van der Waals surface area contributed by atoms with Gasteiger partial charge in [-0.25, -0.2) is 8.42 Å². The van der Waals surface area contributed by atoms with Crippen molar-refractivity contribution in [3.63, 3.8) is 0 Å². The van der Waals surface area contributed by atoms with Crippen LogP contribution >= 0.6 is 0 Å². The highest BCUT2D eigenvalue weighted by Crippen LogP contribution is 2.51. The molecule has 0 spiro atoms. The largest absolute Gasteiger partial charge is 0.379 e. The first-order valence-electron chi connectivity index (χ1n) is 10.7. The van der Waals surface area contributed by atoms with Crippen LogP contribution in [-0.4, -0.2) is 39.0 Å². The van der Waals surface area contributed by atoms with Crippen LogP contribution in [0, 0.1) is 19.8 Å². The number of nitrogens with zero attached hydrogens (tertiary/aromatic N) is 1. The number of fused-ring (bicyclic) bond motifs is 3. The average molecular weight is 425 g/mol. The molecule has 0 unspecified atom stereocenters. The van der Waals surface area contributed by atoms with E-state index in [0.29, 0.717) is 43.0 Å². The Labute approximate surface area is 178 Å². The van der Waals surface area contributed by atoms with Crippen LogP contribution in [0.5, 0.6) is 0 Å². The lowest BCUT2D eigenvalue weighted by atomic mass is 9.75. The van der Waals surface area contributed by atoms with Crippen LogP contribution in [0.1, 0.15) is 40.6 Å². The number of morpholine rings is 1. The lowest BCUT2D eigenvalue weighted by molar-refractivity contribution is 0.0730. The van der Waals surface area contributed by atoms with Gasteiger partial charge in [-0.3, -0.25) is 0 Å². The highest BCUT2D eigenvalue weighted by Gasteiger charge is 2.39. The Balaban J connectivity index is 1.47. The molecule has 30 heavy (non-hydrogen) atoms. The standard InChI is InChI=1S/C24H28N2O3S/c1-16-6-7-17(2)23-22(16)20-4-3-5-21(20)24(25-23)18-8-10-19(11-9-18)30(27,28)26-12-14-29-15-13-26/h3-4,6-11,20-21,24-25H,5,12-15H2,1-2H3/t20-,21+,24+/m1/s1. The van der Waals surface area contributed by atoms with Crippen molar-refractivity contribution >= 4 is 15.7 Å². The van der Waals surface area contributed by atoms with Gasteiger partial charge in [-0.1, -0.05) is 36.4 Å². The Kier molecular flexibility index (Phi) is 4.96. The number of rotatable bonds is 3. The first-order chi connectivity index (χ1) is 14.5. The van der Waals surface area contributed by atoms with Gasteiger partial charge in [0.15, 0.2) is 0 Å². The molecular formula is C24H28N2O3S. The molecule has 2 heterocycles. The van der Waals surface area contributed by atoms with Gasteiger partial charge in [0.1, 0.15) is 0 Å². The van der Waals surface area contributed by atoms with Gasteiger partial charge < -0.3 is 10.1 Å². The van der Waals surface area contributed by atoms with E-state index in [1.54, 1.807) is 12.1 Å². The molecule has 3 aliphatic rings. The van der Waals surface area contributed by atoms with Gasteiger partial charge >= 0.3 is 0 Å². The molecule has 0 bridgehead atoms. The Morgan fingerprint density at radius 2 is 1.70 bits per heavy atom. The van der Waals surface area contributed by atoms with Gasteiger partial charge in [0.25, 0.3) is 0 Å². The molecule has 5 nitrogen and oxygen atoms in total. The molecule has 2 aromatic carbocycles. The van der Waals surface area contributed by atoms with Crippen molar-refractivity contribution in [2.75, 3.05) is 31.6 Å². The normalized spacial score (nSPS) is 26.1. The Hall–Kier alpha value is -2.15. The molecule has 0 amide bonds. The molecule has 158 valence electrons. The smallest absolute Gasteiger partial charge is 0.243 e. The van der Waals surface area contributed by atoms with Crippen molar-refractivity contribution in [3.05, 3.63) is 70.8 Å². The predicted octanol–water partition coefficient (Wildman–Crippen LogP) is 4.15. The summed E-state index contributed by atoms with van der Waals surface area (Å²) < 4.78 is 32.7. The number of allylic oxidation sites excluding steroid dienone is 2. The van der Waals surface area contributed by atoms with Crippen LogP contribution < -0.4 is 5.32 Å². The molecule has 5 rings (SSSR count). The summed E-state index contributed by atoms with van der Waals surface area (Å²) in [5.74, 6) is 0.850. The van der Waals surface area contributed by atoms with Crippen molar-refractivity contribution in [1.29, 1.82) is 0 Å². The quantitative estimate of drug-likeness (QED) is 0.752. The van der Waals surface area contributed by atoms with Crippen LogP contribution in [0.15, 0.2) is 53.4 Å². The zero-order valence-corrected chi connectivity index (χ0v) is 18.3. The van der Waals surface area contributed by atoms with Crippen molar-refractivity contribution in [3.8, 4) is 0 Å². The first kappa shape index (κ1) is 19.8. The van der Waals surface area contributed by atoms with Gasteiger partial charge in [-0.05, 0) is 60.6 Å². The minimum absolute atomic E-state index is 0.165. The Morgan fingerprint density at radius 3 is 2.43 bits per heavy atom. The van der Waals surface area contributed by atoms with Crippen LogP contribution in [-0.2, 0) is 14.8 Å². The number of hydrogen-bond donors (Lipinski definition) is 1. The summed E-state index contributed by atoms with van der Waals surface area (Å²) in [7, 11) is -3.47. The summed E-state index contributed by atoms with van der Waals surface area (Å²) >= 11 is 0. The van der Waals surface area contributed by atoms with E-state index in [4.69, 9.17) is 4.74 Å². The molecule has 2 aromatic rings. The zero-order valence-electron chi connectivity index (χ0n) is 17.5. The lowest BCUT2D eigenvalue weighted by Crippen LogP contribution is -2.40. The third-order valence-corrected chi connectivity index (χ3v) is 8.71. The third kappa shape index (κ3) is 3.18. The topological polar surface area (TPSA) is 58.6 Å². The minimum atomic E-state index is -3.47. The first-order valence-corrected chi connectivity index (χ1v) is 12.1. The summed E-state index contributed by atoms with van der Waals surface area (Å²) in [5.41, 5.74) is 6.37. The van der Waals surface area contributed by atoms with Gasteiger partial charge in [0.2, 0.25) is 10.0 Å². The second-order valence-electron chi connectivity index (χ2n) is 8.55. The maximum absolute atomic E-state index is 12.9. The van der Waals surface area contributed by atoms with Crippen molar-refractivity contribution in [2.24, 2.45) is 5.92 Å². The molecule has 3 atom stereocenters.